The van der Waals surface area contributed by atoms with E-state index in [1.165, 1.54) is 11.3 Å². The molecular formula is C14H13ClN2O3S. The molecule has 0 radical (unpaired) electrons. The predicted molar refractivity (Wildman–Crippen MR) is 81.5 cm³/mol. The number of amides is 1. The second kappa shape index (κ2) is 7.19. The van der Waals surface area contributed by atoms with E-state index in [-0.39, 0.29) is 25.3 Å². The molecule has 2 N–H and O–H groups in total. The average Bonchev–Trinajstić information content (AvgIpc) is 2.87. The van der Waals surface area contributed by atoms with Crippen LogP contribution in [0.5, 0.6) is 0 Å². The summed E-state index contributed by atoms with van der Waals surface area (Å²) in [5.41, 5.74) is 1.61. The van der Waals surface area contributed by atoms with E-state index in [0.717, 1.165) is 10.6 Å². The van der Waals surface area contributed by atoms with Crippen LogP contribution in [0.2, 0.25) is 5.02 Å². The van der Waals surface area contributed by atoms with Crippen LogP contribution in [0.3, 0.4) is 0 Å². The van der Waals surface area contributed by atoms with Crippen molar-refractivity contribution in [1.82, 2.24) is 10.3 Å². The third kappa shape index (κ3) is 4.84. The Labute approximate surface area is 130 Å². The minimum Gasteiger partial charge on any atom is -0.481 e. The Balaban J connectivity index is 1.92. The molecule has 0 spiro atoms. The fourth-order valence-corrected chi connectivity index (χ4v) is 2.60. The quantitative estimate of drug-likeness (QED) is 0.856. The Hall–Kier alpha value is -1.92. The molecule has 5 nitrogen and oxygen atoms in total. The lowest BCUT2D eigenvalue weighted by Gasteiger charge is -2.01. The van der Waals surface area contributed by atoms with Crippen LogP contribution >= 0.6 is 22.9 Å². The number of carboxylic acids is 1. The van der Waals surface area contributed by atoms with Crippen LogP contribution < -0.4 is 5.32 Å². The van der Waals surface area contributed by atoms with Crippen molar-refractivity contribution in [3.63, 3.8) is 0 Å². The lowest BCUT2D eigenvalue weighted by molar-refractivity contribution is -0.136. The molecule has 0 unspecified atom stereocenters. The number of thiazole rings is 1. The first kappa shape index (κ1) is 15.5. The highest BCUT2D eigenvalue weighted by Gasteiger charge is 2.09. The molecule has 7 heteroatoms. The standard InChI is InChI=1S/C14H13ClN2O3S/c15-10-3-1-9(2-4-10)14-17-11(8-21-14)7-12(18)16-6-5-13(19)20/h1-4,8H,5-7H2,(H,16,18)(H,19,20). The number of aromatic nitrogens is 1. The van der Waals surface area contributed by atoms with Gasteiger partial charge in [0.25, 0.3) is 0 Å². The molecule has 0 atom stereocenters. The van der Waals surface area contributed by atoms with Gasteiger partial charge in [0.05, 0.1) is 18.5 Å². The van der Waals surface area contributed by atoms with Gasteiger partial charge < -0.3 is 10.4 Å². The van der Waals surface area contributed by atoms with E-state index in [1.807, 2.05) is 17.5 Å². The number of halogens is 1. The molecule has 1 amide bonds. The van der Waals surface area contributed by atoms with Gasteiger partial charge in [-0.15, -0.1) is 11.3 Å². The average molecular weight is 325 g/mol. The second-order valence-corrected chi connectivity index (χ2v) is 5.62. The smallest absolute Gasteiger partial charge is 0.305 e. The molecule has 21 heavy (non-hydrogen) atoms. The number of nitrogens with zero attached hydrogens (tertiary/aromatic N) is 1. The van der Waals surface area contributed by atoms with Crippen LogP contribution in [0.25, 0.3) is 10.6 Å². The first-order valence-electron chi connectivity index (χ1n) is 6.23. The third-order valence-electron chi connectivity index (χ3n) is 2.65. The SMILES string of the molecule is O=C(O)CCNC(=O)Cc1csc(-c2ccc(Cl)cc2)n1. The van der Waals surface area contributed by atoms with E-state index in [1.54, 1.807) is 12.1 Å². The summed E-state index contributed by atoms with van der Waals surface area (Å²) >= 11 is 7.28. The van der Waals surface area contributed by atoms with Gasteiger partial charge in [0.1, 0.15) is 5.01 Å². The summed E-state index contributed by atoms with van der Waals surface area (Å²) in [6.07, 6.45) is 0.0581. The minimum absolute atomic E-state index is 0.0845. The van der Waals surface area contributed by atoms with Crippen molar-refractivity contribution < 1.29 is 14.7 Å². The van der Waals surface area contributed by atoms with Crippen LogP contribution in [-0.2, 0) is 16.0 Å². The van der Waals surface area contributed by atoms with Gasteiger partial charge in [-0.05, 0) is 12.1 Å². The van der Waals surface area contributed by atoms with Gasteiger partial charge in [0.15, 0.2) is 0 Å². The van der Waals surface area contributed by atoms with Crippen molar-refractivity contribution >= 4 is 34.8 Å². The predicted octanol–water partition coefficient (Wildman–Crippen LogP) is 2.60. The maximum Gasteiger partial charge on any atom is 0.305 e. The Kier molecular flexibility index (Phi) is 5.30. The van der Waals surface area contributed by atoms with E-state index in [2.05, 4.69) is 10.3 Å². The normalized spacial score (nSPS) is 10.3. The van der Waals surface area contributed by atoms with Crippen molar-refractivity contribution in [3.05, 3.63) is 40.4 Å². The van der Waals surface area contributed by atoms with E-state index in [4.69, 9.17) is 16.7 Å². The highest BCUT2D eigenvalue weighted by molar-refractivity contribution is 7.13. The molecule has 0 aliphatic heterocycles. The van der Waals surface area contributed by atoms with Gasteiger partial charge >= 0.3 is 5.97 Å². The number of carbonyl (C=O) groups is 2. The summed E-state index contributed by atoms with van der Waals surface area (Å²) in [5, 5.41) is 14.3. The summed E-state index contributed by atoms with van der Waals surface area (Å²) in [6.45, 7) is 0.127. The molecule has 2 rings (SSSR count). The van der Waals surface area contributed by atoms with Gasteiger partial charge in [-0.3, -0.25) is 9.59 Å². The molecule has 0 bridgehead atoms. The van der Waals surface area contributed by atoms with Gasteiger partial charge in [0, 0.05) is 22.5 Å². The van der Waals surface area contributed by atoms with E-state index < -0.39 is 5.97 Å². The first-order valence-corrected chi connectivity index (χ1v) is 7.49. The summed E-state index contributed by atoms with van der Waals surface area (Å²) in [6, 6.07) is 7.32. The Morgan fingerprint density at radius 3 is 2.67 bits per heavy atom. The van der Waals surface area contributed by atoms with Crippen LogP contribution in [0.4, 0.5) is 0 Å². The molecule has 0 saturated carbocycles. The molecular weight excluding hydrogens is 312 g/mol. The Bertz CT molecular complexity index is 640. The Morgan fingerprint density at radius 2 is 2.00 bits per heavy atom. The highest BCUT2D eigenvalue weighted by atomic mass is 35.5. The number of hydrogen-bond acceptors (Lipinski definition) is 4. The number of carboxylic acid groups (broad SMARTS) is 1. The topological polar surface area (TPSA) is 79.3 Å². The molecule has 0 saturated heterocycles. The summed E-state index contributed by atoms with van der Waals surface area (Å²) in [4.78, 5) is 26.4. The maximum absolute atomic E-state index is 11.6. The summed E-state index contributed by atoms with van der Waals surface area (Å²) in [7, 11) is 0. The highest BCUT2D eigenvalue weighted by Crippen LogP contribution is 2.25. The third-order valence-corrected chi connectivity index (χ3v) is 3.84. The maximum atomic E-state index is 11.6. The molecule has 1 aromatic heterocycles. The van der Waals surface area contributed by atoms with Gasteiger partial charge in [0.2, 0.25) is 5.91 Å². The number of nitrogens with one attached hydrogen (secondary N) is 1. The number of carbonyl (C=O) groups excluding carboxylic acids is 1. The first-order chi connectivity index (χ1) is 10.0. The van der Waals surface area contributed by atoms with Crippen molar-refractivity contribution in [2.45, 2.75) is 12.8 Å². The molecule has 1 aromatic carbocycles. The largest absolute Gasteiger partial charge is 0.481 e. The number of benzene rings is 1. The zero-order chi connectivity index (χ0) is 15.2. The molecule has 110 valence electrons. The number of hydrogen-bond donors (Lipinski definition) is 2. The van der Waals surface area contributed by atoms with E-state index in [9.17, 15) is 9.59 Å². The van der Waals surface area contributed by atoms with Crippen molar-refractivity contribution in [2.24, 2.45) is 0 Å². The van der Waals surface area contributed by atoms with E-state index >= 15 is 0 Å². The van der Waals surface area contributed by atoms with Crippen molar-refractivity contribution in [1.29, 1.82) is 0 Å². The van der Waals surface area contributed by atoms with E-state index in [0.29, 0.717) is 10.7 Å². The van der Waals surface area contributed by atoms with Crippen LogP contribution in [-0.4, -0.2) is 28.5 Å². The molecule has 2 aromatic rings. The van der Waals surface area contributed by atoms with Crippen LogP contribution in [0, 0.1) is 0 Å². The number of aliphatic carboxylic acids is 1. The lowest BCUT2D eigenvalue weighted by Crippen LogP contribution is -2.27. The second-order valence-electron chi connectivity index (χ2n) is 4.32. The zero-order valence-corrected chi connectivity index (χ0v) is 12.6. The zero-order valence-electron chi connectivity index (χ0n) is 11.0. The van der Waals surface area contributed by atoms with Gasteiger partial charge in [-0.25, -0.2) is 4.98 Å². The fraction of sp³-hybridized carbons (Fsp3) is 0.214. The Morgan fingerprint density at radius 1 is 1.29 bits per heavy atom. The minimum atomic E-state index is -0.936. The molecule has 0 aliphatic rings. The fourth-order valence-electron chi connectivity index (χ4n) is 1.65. The summed E-state index contributed by atoms with van der Waals surface area (Å²) in [5.74, 6) is -1.17. The van der Waals surface area contributed by atoms with Gasteiger partial charge in [-0.2, -0.15) is 0 Å². The molecule has 0 aliphatic carbocycles. The van der Waals surface area contributed by atoms with Gasteiger partial charge in [-0.1, -0.05) is 23.7 Å². The molecule has 0 fully saturated rings. The number of rotatable bonds is 6. The van der Waals surface area contributed by atoms with Crippen LogP contribution in [0.15, 0.2) is 29.6 Å². The molecule has 1 heterocycles. The van der Waals surface area contributed by atoms with Crippen molar-refractivity contribution in [2.75, 3.05) is 6.54 Å². The lowest BCUT2D eigenvalue weighted by atomic mass is 10.2. The van der Waals surface area contributed by atoms with Crippen molar-refractivity contribution in [3.8, 4) is 10.6 Å². The monoisotopic (exact) mass is 324 g/mol. The van der Waals surface area contributed by atoms with Crippen LogP contribution in [0.1, 0.15) is 12.1 Å². The summed E-state index contributed by atoms with van der Waals surface area (Å²) < 4.78 is 0.